The van der Waals surface area contributed by atoms with Gasteiger partial charge in [-0.05, 0) is 57.7 Å². The SMILES string of the molecule is CC(C)(C)S(=O)(=O)[C@H]1CCN(C(=O)C2(c3ccc(Cl)cc3)CCCC2)C1. The quantitative estimate of drug-likeness (QED) is 0.775. The highest BCUT2D eigenvalue weighted by atomic mass is 35.5. The number of hydrogen-bond donors (Lipinski definition) is 0. The van der Waals surface area contributed by atoms with Crippen molar-refractivity contribution in [2.45, 2.75) is 68.3 Å². The van der Waals surface area contributed by atoms with Crippen LogP contribution < -0.4 is 0 Å². The summed E-state index contributed by atoms with van der Waals surface area (Å²) in [5.41, 5.74) is 0.483. The normalized spacial score (nSPS) is 23.4. The lowest BCUT2D eigenvalue weighted by molar-refractivity contribution is -0.136. The zero-order valence-electron chi connectivity index (χ0n) is 15.8. The predicted octanol–water partition coefficient (Wildman–Crippen LogP) is 3.97. The lowest BCUT2D eigenvalue weighted by Crippen LogP contribution is -2.46. The second kappa shape index (κ2) is 6.83. The molecular weight excluding hydrogens is 370 g/mol. The molecule has 2 fully saturated rings. The average Bonchev–Trinajstić information content (AvgIpc) is 3.24. The van der Waals surface area contributed by atoms with Crippen LogP contribution in [0.15, 0.2) is 24.3 Å². The summed E-state index contributed by atoms with van der Waals surface area (Å²) in [5.74, 6) is 0.0870. The molecule has 1 aromatic rings. The molecule has 4 nitrogen and oxygen atoms in total. The molecule has 1 amide bonds. The van der Waals surface area contributed by atoms with E-state index in [1.165, 1.54) is 0 Å². The van der Waals surface area contributed by atoms with Crippen LogP contribution in [0, 0.1) is 0 Å². The van der Waals surface area contributed by atoms with E-state index in [1.807, 2.05) is 24.3 Å². The monoisotopic (exact) mass is 397 g/mol. The van der Waals surface area contributed by atoms with E-state index in [1.54, 1.807) is 25.7 Å². The maximum atomic E-state index is 13.5. The van der Waals surface area contributed by atoms with Gasteiger partial charge in [-0.25, -0.2) is 8.42 Å². The van der Waals surface area contributed by atoms with Gasteiger partial charge in [0.15, 0.2) is 9.84 Å². The highest BCUT2D eigenvalue weighted by molar-refractivity contribution is 7.93. The molecule has 0 N–H and O–H groups in total. The van der Waals surface area contributed by atoms with Crippen molar-refractivity contribution in [3.8, 4) is 0 Å². The van der Waals surface area contributed by atoms with Crippen molar-refractivity contribution < 1.29 is 13.2 Å². The highest BCUT2D eigenvalue weighted by Gasteiger charge is 2.48. The third-order valence-corrected chi connectivity index (χ3v) is 9.21. The molecule has 1 aromatic carbocycles. The first-order valence-electron chi connectivity index (χ1n) is 9.37. The van der Waals surface area contributed by atoms with E-state index in [2.05, 4.69) is 0 Å². The summed E-state index contributed by atoms with van der Waals surface area (Å²) in [7, 11) is -3.27. The van der Waals surface area contributed by atoms with Gasteiger partial charge in [0.2, 0.25) is 5.91 Å². The average molecular weight is 398 g/mol. The minimum absolute atomic E-state index is 0.0870. The summed E-state index contributed by atoms with van der Waals surface area (Å²) >= 11 is 6.02. The van der Waals surface area contributed by atoms with E-state index in [-0.39, 0.29) is 5.91 Å². The third-order valence-electron chi connectivity index (χ3n) is 5.99. The topological polar surface area (TPSA) is 54.5 Å². The van der Waals surface area contributed by atoms with Gasteiger partial charge in [-0.3, -0.25) is 4.79 Å². The number of rotatable bonds is 3. The Kier molecular flexibility index (Phi) is 5.17. The van der Waals surface area contributed by atoms with Crippen LogP contribution in [-0.4, -0.2) is 42.3 Å². The molecule has 1 aliphatic heterocycles. The van der Waals surface area contributed by atoms with Gasteiger partial charge < -0.3 is 4.90 Å². The lowest BCUT2D eigenvalue weighted by atomic mass is 9.77. The molecule has 6 heteroatoms. The van der Waals surface area contributed by atoms with E-state index >= 15 is 0 Å². The largest absolute Gasteiger partial charge is 0.341 e. The molecule has 1 heterocycles. The molecule has 1 saturated heterocycles. The van der Waals surface area contributed by atoms with E-state index < -0.39 is 25.2 Å². The first-order valence-corrected chi connectivity index (χ1v) is 11.3. The fourth-order valence-electron chi connectivity index (χ4n) is 4.34. The Bertz CT molecular complexity index is 774. The molecule has 0 spiro atoms. The second-order valence-corrected chi connectivity index (χ2v) is 12.0. The van der Waals surface area contributed by atoms with Gasteiger partial charge in [0.1, 0.15) is 0 Å². The Morgan fingerprint density at radius 2 is 1.73 bits per heavy atom. The number of halogens is 1. The number of amides is 1. The number of likely N-dealkylation sites (tertiary alicyclic amines) is 1. The zero-order chi connectivity index (χ0) is 19.2. The van der Waals surface area contributed by atoms with Crippen LogP contribution in [0.2, 0.25) is 5.02 Å². The summed E-state index contributed by atoms with van der Waals surface area (Å²) < 4.78 is 24.8. The number of sulfone groups is 1. The molecule has 3 rings (SSSR count). The lowest BCUT2D eigenvalue weighted by Gasteiger charge is -2.33. The van der Waals surface area contributed by atoms with E-state index in [0.29, 0.717) is 24.5 Å². The van der Waals surface area contributed by atoms with Gasteiger partial charge in [-0.2, -0.15) is 0 Å². The Labute approximate surface area is 161 Å². The number of nitrogens with zero attached hydrogens (tertiary/aromatic N) is 1. The van der Waals surface area contributed by atoms with Crippen LogP contribution in [0.3, 0.4) is 0 Å². The number of benzene rings is 1. The fourth-order valence-corrected chi connectivity index (χ4v) is 6.26. The van der Waals surface area contributed by atoms with E-state index in [4.69, 9.17) is 11.6 Å². The number of carbonyl (C=O) groups is 1. The molecule has 0 radical (unpaired) electrons. The van der Waals surface area contributed by atoms with Crippen LogP contribution in [0.25, 0.3) is 0 Å². The van der Waals surface area contributed by atoms with E-state index in [0.717, 1.165) is 31.2 Å². The van der Waals surface area contributed by atoms with Crippen LogP contribution in [0.4, 0.5) is 0 Å². The van der Waals surface area contributed by atoms with Gasteiger partial charge in [0.25, 0.3) is 0 Å². The first-order chi connectivity index (χ1) is 12.1. The highest BCUT2D eigenvalue weighted by Crippen LogP contribution is 2.44. The minimum atomic E-state index is -3.27. The molecule has 0 bridgehead atoms. The van der Waals surface area contributed by atoms with Crippen molar-refractivity contribution in [2.24, 2.45) is 0 Å². The third kappa shape index (κ3) is 3.29. The standard InChI is InChI=1S/C20H28ClNO3S/c1-19(2,3)26(24,25)17-10-13-22(14-17)18(23)20(11-4-5-12-20)15-6-8-16(21)9-7-15/h6-9,17H,4-5,10-14H2,1-3H3/t17-/m0/s1. The van der Waals surface area contributed by atoms with Crippen molar-refractivity contribution in [2.75, 3.05) is 13.1 Å². The van der Waals surface area contributed by atoms with Gasteiger partial charge in [-0.15, -0.1) is 0 Å². The minimum Gasteiger partial charge on any atom is -0.341 e. The molecule has 0 aromatic heterocycles. The maximum Gasteiger partial charge on any atom is 0.233 e. The van der Waals surface area contributed by atoms with Crippen molar-refractivity contribution in [3.05, 3.63) is 34.9 Å². The van der Waals surface area contributed by atoms with Gasteiger partial charge >= 0.3 is 0 Å². The molecule has 1 aliphatic carbocycles. The summed E-state index contributed by atoms with van der Waals surface area (Å²) in [4.78, 5) is 15.3. The summed E-state index contributed by atoms with van der Waals surface area (Å²) in [6, 6.07) is 7.57. The van der Waals surface area contributed by atoms with Crippen molar-refractivity contribution >= 4 is 27.3 Å². The van der Waals surface area contributed by atoms with Crippen molar-refractivity contribution in [1.29, 1.82) is 0 Å². The Morgan fingerprint density at radius 1 is 1.15 bits per heavy atom. The Morgan fingerprint density at radius 3 is 2.27 bits per heavy atom. The zero-order valence-corrected chi connectivity index (χ0v) is 17.4. The predicted molar refractivity (Wildman–Crippen MR) is 105 cm³/mol. The van der Waals surface area contributed by atoms with Gasteiger partial charge in [0.05, 0.1) is 15.4 Å². The maximum absolute atomic E-state index is 13.5. The van der Waals surface area contributed by atoms with Crippen LogP contribution in [-0.2, 0) is 20.0 Å². The molecule has 1 saturated carbocycles. The van der Waals surface area contributed by atoms with Gasteiger partial charge in [-0.1, -0.05) is 36.6 Å². The smallest absolute Gasteiger partial charge is 0.233 e. The Hall–Kier alpha value is -1.07. The van der Waals surface area contributed by atoms with Gasteiger partial charge in [0, 0.05) is 18.1 Å². The first kappa shape index (κ1) is 19.7. The summed E-state index contributed by atoms with van der Waals surface area (Å²) in [6.07, 6.45) is 4.21. The summed E-state index contributed by atoms with van der Waals surface area (Å²) in [5, 5.41) is 0.196. The fraction of sp³-hybridized carbons (Fsp3) is 0.650. The van der Waals surface area contributed by atoms with Crippen molar-refractivity contribution in [3.63, 3.8) is 0 Å². The molecule has 2 aliphatic rings. The summed E-state index contributed by atoms with van der Waals surface area (Å²) in [6.45, 7) is 6.04. The number of hydrogen-bond acceptors (Lipinski definition) is 3. The van der Waals surface area contributed by atoms with E-state index in [9.17, 15) is 13.2 Å². The second-order valence-electron chi connectivity index (χ2n) is 8.62. The van der Waals surface area contributed by atoms with Crippen molar-refractivity contribution in [1.82, 2.24) is 4.90 Å². The molecule has 26 heavy (non-hydrogen) atoms. The van der Waals surface area contributed by atoms with Crippen LogP contribution in [0.1, 0.15) is 58.4 Å². The molecule has 144 valence electrons. The van der Waals surface area contributed by atoms with Crippen LogP contribution in [0.5, 0.6) is 0 Å². The Balaban J connectivity index is 1.85. The molecular formula is C20H28ClNO3S. The molecule has 0 unspecified atom stereocenters. The number of carbonyl (C=O) groups excluding carboxylic acids is 1. The molecule has 1 atom stereocenters. The van der Waals surface area contributed by atoms with Crippen LogP contribution >= 0.6 is 11.6 Å².